The largest absolute Gasteiger partial charge is 0.489 e. The number of anilines is 1. The number of methoxy groups -OCH3 is 1. The molecule has 0 aromatic carbocycles. The first-order valence-corrected chi connectivity index (χ1v) is 5.23. The first kappa shape index (κ1) is 12.7. The molecule has 0 aliphatic carbocycles. The molecule has 1 aromatic heterocycles. The molecule has 0 saturated heterocycles. The van der Waals surface area contributed by atoms with E-state index in [-0.39, 0.29) is 0 Å². The number of rotatable bonds is 8. The molecule has 1 rings (SSSR count). The standard InChI is InChI=1S/C11H18N2O3/c1-14-3-2-4-15-5-6-16-11-7-10(12)8-13-9-11/h7-9H,2-6,12H2,1H3. The lowest BCUT2D eigenvalue weighted by molar-refractivity contribution is 0.0806. The summed E-state index contributed by atoms with van der Waals surface area (Å²) >= 11 is 0. The average molecular weight is 226 g/mol. The summed E-state index contributed by atoms with van der Waals surface area (Å²) in [6, 6.07) is 1.73. The van der Waals surface area contributed by atoms with E-state index in [4.69, 9.17) is 19.9 Å². The topological polar surface area (TPSA) is 66.6 Å². The van der Waals surface area contributed by atoms with Crippen molar-refractivity contribution in [1.29, 1.82) is 0 Å². The maximum absolute atomic E-state index is 5.56. The molecule has 16 heavy (non-hydrogen) atoms. The summed E-state index contributed by atoms with van der Waals surface area (Å²) in [5.74, 6) is 0.667. The third-order valence-electron chi connectivity index (χ3n) is 1.87. The second kappa shape index (κ2) is 7.90. The predicted octanol–water partition coefficient (Wildman–Crippen LogP) is 1.10. The van der Waals surface area contributed by atoms with Gasteiger partial charge in [-0.25, -0.2) is 0 Å². The molecule has 90 valence electrons. The first-order chi connectivity index (χ1) is 7.83. The number of ether oxygens (including phenoxy) is 3. The predicted molar refractivity (Wildman–Crippen MR) is 61.5 cm³/mol. The van der Waals surface area contributed by atoms with E-state index in [2.05, 4.69) is 4.98 Å². The molecule has 0 atom stereocenters. The van der Waals surface area contributed by atoms with Gasteiger partial charge in [0.25, 0.3) is 0 Å². The molecule has 0 amide bonds. The normalized spacial score (nSPS) is 10.3. The molecule has 0 aliphatic rings. The van der Waals surface area contributed by atoms with E-state index in [1.807, 2.05) is 0 Å². The molecule has 0 radical (unpaired) electrons. The highest BCUT2D eigenvalue weighted by molar-refractivity contribution is 5.39. The van der Waals surface area contributed by atoms with E-state index >= 15 is 0 Å². The Morgan fingerprint density at radius 2 is 2.06 bits per heavy atom. The monoisotopic (exact) mass is 226 g/mol. The number of hydrogen-bond donors (Lipinski definition) is 1. The summed E-state index contributed by atoms with van der Waals surface area (Å²) in [6.07, 6.45) is 4.10. The van der Waals surface area contributed by atoms with Gasteiger partial charge in [0.15, 0.2) is 0 Å². The Labute approximate surface area is 95.5 Å². The van der Waals surface area contributed by atoms with Crippen molar-refractivity contribution in [2.45, 2.75) is 6.42 Å². The van der Waals surface area contributed by atoms with Crippen molar-refractivity contribution in [1.82, 2.24) is 4.98 Å². The lowest BCUT2D eigenvalue weighted by atomic mass is 10.4. The maximum Gasteiger partial charge on any atom is 0.139 e. The van der Waals surface area contributed by atoms with Crippen LogP contribution in [0.1, 0.15) is 6.42 Å². The molecule has 0 unspecified atom stereocenters. The summed E-state index contributed by atoms with van der Waals surface area (Å²) in [5, 5.41) is 0. The summed E-state index contributed by atoms with van der Waals surface area (Å²) in [7, 11) is 1.68. The Morgan fingerprint density at radius 1 is 1.19 bits per heavy atom. The van der Waals surface area contributed by atoms with Crippen LogP contribution in [0.25, 0.3) is 0 Å². The van der Waals surface area contributed by atoms with Crippen molar-refractivity contribution in [3.63, 3.8) is 0 Å². The smallest absolute Gasteiger partial charge is 0.139 e. The second-order valence-electron chi connectivity index (χ2n) is 3.26. The molecule has 5 heteroatoms. The van der Waals surface area contributed by atoms with Crippen molar-refractivity contribution in [3.8, 4) is 5.75 Å². The van der Waals surface area contributed by atoms with Crippen molar-refractivity contribution in [3.05, 3.63) is 18.5 Å². The first-order valence-electron chi connectivity index (χ1n) is 5.23. The number of hydrogen-bond acceptors (Lipinski definition) is 5. The van der Waals surface area contributed by atoms with Crippen LogP contribution in [-0.4, -0.2) is 38.5 Å². The third kappa shape index (κ3) is 5.53. The number of nitrogens with zero attached hydrogens (tertiary/aromatic N) is 1. The second-order valence-corrected chi connectivity index (χ2v) is 3.26. The Hall–Kier alpha value is -1.33. The van der Waals surface area contributed by atoms with Crippen LogP contribution in [0.2, 0.25) is 0 Å². The quantitative estimate of drug-likeness (QED) is 0.672. The van der Waals surface area contributed by atoms with E-state index in [0.717, 1.165) is 13.0 Å². The molecule has 2 N–H and O–H groups in total. The van der Waals surface area contributed by atoms with Gasteiger partial charge in [-0.05, 0) is 6.42 Å². The fourth-order valence-electron chi connectivity index (χ4n) is 1.14. The number of nitrogen functional groups attached to an aromatic ring is 1. The van der Waals surface area contributed by atoms with E-state index in [0.29, 0.717) is 31.3 Å². The molecule has 0 bridgehead atoms. The zero-order valence-corrected chi connectivity index (χ0v) is 9.52. The number of aromatic nitrogens is 1. The average Bonchev–Trinajstić information content (AvgIpc) is 2.28. The van der Waals surface area contributed by atoms with Crippen LogP contribution >= 0.6 is 0 Å². The molecule has 0 saturated carbocycles. The van der Waals surface area contributed by atoms with Crippen LogP contribution in [0.15, 0.2) is 18.5 Å². The van der Waals surface area contributed by atoms with Crippen LogP contribution in [0.3, 0.4) is 0 Å². The molecule has 0 aliphatic heterocycles. The molecular formula is C11H18N2O3. The molecular weight excluding hydrogens is 208 g/mol. The van der Waals surface area contributed by atoms with Gasteiger partial charge < -0.3 is 19.9 Å². The van der Waals surface area contributed by atoms with Crippen molar-refractivity contribution < 1.29 is 14.2 Å². The van der Waals surface area contributed by atoms with E-state index in [1.165, 1.54) is 0 Å². The van der Waals surface area contributed by atoms with Gasteiger partial charge in [0.05, 0.1) is 24.7 Å². The fourth-order valence-corrected chi connectivity index (χ4v) is 1.14. The van der Waals surface area contributed by atoms with Crippen LogP contribution in [0.4, 0.5) is 5.69 Å². The van der Waals surface area contributed by atoms with Gasteiger partial charge in [-0.1, -0.05) is 0 Å². The minimum atomic E-state index is 0.498. The van der Waals surface area contributed by atoms with Gasteiger partial charge in [-0.15, -0.1) is 0 Å². The fraction of sp³-hybridized carbons (Fsp3) is 0.545. The lowest BCUT2D eigenvalue weighted by Gasteiger charge is -2.07. The molecule has 0 spiro atoms. The Kier molecular flexibility index (Phi) is 6.29. The molecule has 1 aromatic rings. The van der Waals surface area contributed by atoms with Gasteiger partial charge >= 0.3 is 0 Å². The van der Waals surface area contributed by atoms with Crippen molar-refractivity contribution >= 4 is 5.69 Å². The Bertz CT molecular complexity index is 294. The number of pyridine rings is 1. The van der Waals surface area contributed by atoms with Crippen molar-refractivity contribution in [2.24, 2.45) is 0 Å². The van der Waals surface area contributed by atoms with Gasteiger partial charge in [0, 0.05) is 26.4 Å². The molecule has 5 nitrogen and oxygen atoms in total. The van der Waals surface area contributed by atoms with E-state index < -0.39 is 0 Å². The highest BCUT2D eigenvalue weighted by Crippen LogP contribution is 2.11. The van der Waals surface area contributed by atoms with Crippen LogP contribution in [0.5, 0.6) is 5.75 Å². The zero-order valence-electron chi connectivity index (χ0n) is 9.52. The molecule has 1 heterocycles. The molecule has 0 fully saturated rings. The summed E-state index contributed by atoms with van der Waals surface area (Å²) in [5.41, 5.74) is 6.15. The summed E-state index contributed by atoms with van der Waals surface area (Å²) in [4.78, 5) is 3.92. The van der Waals surface area contributed by atoms with E-state index in [9.17, 15) is 0 Å². The Morgan fingerprint density at radius 3 is 2.81 bits per heavy atom. The van der Waals surface area contributed by atoms with Gasteiger partial charge in [0.1, 0.15) is 12.4 Å². The maximum atomic E-state index is 5.56. The Balaban J connectivity index is 2.03. The van der Waals surface area contributed by atoms with Crippen molar-refractivity contribution in [2.75, 3.05) is 39.3 Å². The van der Waals surface area contributed by atoms with Crippen LogP contribution < -0.4 is 10.5 Å². The van der Waals surface area contributed by atoms with Crippen LogP contribution in [-0.2, 0) is 9.47 Å². The zero-order chi connectivity index (χ0) is 11.6. The lowest BCUT2D eigenvalue weighted by Crippen LogP contribution is -2.08. The summed E-state index contributed by atoms with van der Waals surface area (Å²) in [6.45, 7) is 2.46. The van der Waals surface area contributed by atoms with E-state index in [1.54, 1.807) is 25.6 Å². The minimum Gasteiger partial charge on any atom is -0.489 e. The SMILES string of the molecule is COCCCOCCOc1cncc(N)c1. The van der Waals surface area contributed by atoms with Gasteiger partial charge in [0.2, 0.25) is 0 Å². The van der Waals surface area contributed by atoms with Crippen LogP contribution in [0, 0.1) is 0 Å². The third-order valence-corrected chi connectivity index (χ3v) is 1.87. The van der Waals surface area contributed by atoms with Gasteiger partial charge in [-0.3, -0.25) is 4.98 Å². The number of nitrogens with two attached hydrogens (primary N) is 1. The minimum absolute atomic E-state index is 0.498. The summed E-state index contributed by atoms with van der Waals surface area (Å²) < 4.78 is 15.6. The highest BCUT2D eigenvalue weighted by Gasteiger charge is 1.95. The highest BCUT2D eigenvalue weighted by atomic mass is 16.5. The van der Waals surface area contributed by atoms with Gasteiger partial charge in [-0.2, -0.15) is 0 Å².